The predicted molar refractivity (Wildman–Crippen MR) is 154 cm³/mol. The minimum atomic E-state index is -0.380. The highest BCUT2D eigenvalue weighted by Crippen LogP contribution is 2.54. The Balaban J connectivity index is 1.22. The minimum absolute atomic E-state index is 0.307. The number of nitrogens with one attached hydrogen (secondary N) is 1. The third-order valence-corrected chi connectivity index (χ3v) is 8.40. The summed E-state index contributed by atoms with van der Waals surface area (Å²) >= 11 is 0. The zero-order valence-electron chi connectivity index (χ0n) is 22.6. The number of hydrogen-bond acceptors (Lipinski definition) is 5. The molecule has 1 saturated carbocycles. The second kappa shape index (κ2) is 11.4. The Morgan fingerprint density at radius 2 is 1.50 bits per heavy atom. The number of fused-ring (bicyclic) bond motifs is 2. The van der Waals surface area contributed by atoms with Crippen molar-refractivity contribution in [3.8, 4) is 28.2 Å². The number of methoxy groups -OCH3 is 1. The Kier molecular flexibility index (Phi) is 7.41. The van der Waals surface area contributed by atoms with Crippen molar-refractivity contribution in [2.24, 2.45) is 17.8 Å². The lowest BCUT2D eigenvalue weighted by Crippen LogP contribution is -2.24. The van der Waals surface area contributed by atoms with E-state index in [1.165, 1.54) is 0 Å². The Hall–Kier alpha value is -4.32. The molecule has 0 saturated heterocycles. The molecule has 1 aromatic heterocycles. The van der Waals surface area contributed by atoms with Gasteiger partial charge in [-0.1, -0.05) is 60.7 Å². The van der Waals surface area contributed by atoms with E-state index in [1.807, 2.05) is 84.9 Å². The van der Waals surface area contributed by atoms with Gasteiger partial charge in [-0.15, -0.1) is 0 Å². The van der Waals surface area contributed by atoms with Gasteiger partial charge < -0.3 is 19.2 Å². The van der Waals surface area contributed by atoms with Gasteiger partial charge in [0.25, 0.3) is 0 Å². The van der Waals surface area contributed by atoms with E-state index in [1.54, 1.807) is 7.11 Å². The van der Waals surface area contributed by atoms with Crippen LogP contribution in [-0.2, 0) is 24.1 Å². The average Bonchev–Trinajstić information content (AvgIpc) is 3.66. The normalized spacial score (nSPS) is 19.4. The van der Waals surface area contributed by atoms with E-state index in [-0.39, 0.29) is 11.7 Å². The lowest BCUT2D eigenvalue weighted by molar-refractivity contribution is 0.137. The molecule has 6 nitrogen and oxygen atoms in total. The zero-order chi connectivity index (χ0) is 27.5. The maximum Gasteiger partial charge on any atom is 0.407 e. The van der Waals surface area contributed by atoms with Crippen molar-refractivity contribution in [1.82, 2.24) is 5.32 Å². The van der Waals surface area contributed by atoms with Crippen LogP contribution in [0.3, 0.4) is 0 Å². The largest absolute Gasteiger partial charge is 0.497 e. The Labute approximate surface area is 234 Å². The van der Waals surface area contributed by atoms with Crippen LogP contribution < -0.4 is 15.7 Å². The molecule has 0 unspecified atom stereocenters. The van der Waals surface area contributed by atoms with Gasteiger partial charge in [-0.3, -0.25) is 0 Å². The van der Waals surface area contributed by atoms with Gasteiger partial charge in [-0.2, -0.15) is 0 Å². The van der Waals surface area contributed by atoms with Crippen molar-refractivity contribution in [3.63, 3.8) is 0 Å². The van der Waals surface area contributed by atoms with E-state index in [0.29, 0.717) is 42.2 Å². The molecule has 0 spiro atoms. The SMILES string of the molecule is COc1ccc(-c2oc(=O)c(-c3ccccc3)c3c2CC[C@@H]2[C@H](CC3)[C@H]2COC(=O)NCc2ccccc2)cc1. The third kappa shape index (κ3) is 5.39. The fraction of sp³-hybridized carbons (Fsp3) is 0.294. The Morgan fingerprint density at radius 3 is 2.17 bits per heavy atom. The van der Waals surface area contributed by atoms with Crippen LogP contribution >= 0.6 is 0 Å². The van der Waals surface area contributed by atoms with Gasteiger partial charge >= 0.3 is 11.7 Å². The summed E-state index contributed by atoms with van der Waals surface area (Å²) in [7, 11) is 1.64. The van der Waals surface area contributed by atoms with E-state index < -0.39 is 0 Å². The summed E-state index contributed by atoms with van der Waals surface area (Å²) in [5.74, 6) is 2.72. The number of benzene rings is 3. The molecule has 3 atom stereocenters. The van der Waals surface area contributed by atoms with Crippen molar-refractivity contribution >= 4 is 6.09 Å². The molecule has 6 heteroatoms. The van der Waals surface area contributed by atoms with Crippen LogP contribution in [0.15, 0.2) is 94.1 Å². The maximum absolute atomic E-state index is 13.4. The van der Waals surface area contributed by atoms with Gasteiger partial charge in [-0.25, -0.2) is 9.59 Å². The van der Waals surface area contributed by atoms with E-state index >= 15 is 0 Å². The number of rotatable bonds is 7. The molecule has 1 heterocycles. The molecule has 6 rings (SSSR count). The van der Waals surface area contributed by atoms with Gasteiger partial charge in [0.1, 0.15) is 11.5 Å². The van der Waals surface area contributed by atoms with E-state index in [4.69, 9.17) is 13.9 Å². The second-order valence-corrected chi connectivity index (χ2v) is 10.7. The van der Waals surface area contributed by atoms with E-state index in [9.17, 15) is 9.59 Å². The predicted octanol–water partition coefficient (Wildman–Crippen LogP) is 6.65. The average molecular weight is 536 g/mol. The highest BCUT2D eigenvalue weighted by Gasteiger charge is 2.50. The molecule has 3 aromatic carbocycles. The van der Waals surface area contributed by atoms with Gasteiger partial charge in [-0.05, 0) is 90.0 Å². The summed E-state index contributed by atoms with van der Waals surface area (Å²) in [6.45, 7) is 0.865. The quantitative estimate of drug-likeness (QED) is 0.287. The summed E-state index contributed by atoms with van der Waals surface area (Å²) in [6.07, 6.45) is 3.12. The molecule has 2 aliphatic rings. The molecule has 0 radical (unpaired) electrons. The van der Waals surface area contributed by atoms with Crippen LogP contribution in [0.5, 0.6) is 5.75 Å². The number of hydrogen-bond donors (Lipinski definition) is 1. The van der Waals surface area contributed by atoms with Gasteiger partial charge in [0.2, 0.25) is 0 Å². The number of ether oxygens (including phenoxy) is 2. The van der Waals surface area contributed by atoms with Crippen LogP contribution in [0.4, 0.5) is 4.79 Å². The van der Waals surface area contributed by atoms with Crippen LogP contribution in [0.25, 0.3) is 22.5 Å². The maximum atomic E-state index is 13.4. The molecule has 40 heavy (non-hydrogen) atoms. The molecule has 0 bridgehead atoms. The lowest BCUT2D eigenvalue weighted by Gasteiger charge is -2.19. The van der Waals surface area contributed by atoms with Crippen molar-refractivity contribution in [2.75, 3.05) is 13.7 Å². The molecule has 1 fully saturated rings. The molecule has 1 amide bonds. The Bertz CT molecular complexity index is 1530. The van der Waals surface area contributed by atoms with Crippen LogP contribution in [0.2, 0.25) is 0 Å². The second-order valence-electron chi connectivity index (χ2n) is 10.7. The highest BCUT2D eigenvalue weighted by atomic mass is 16.5. The zero-order valence-corrected chi connectivity index (χ0v) is 22.6. The standard InChI is InChI=1S/C34H33NO5/c1-38-25-14-12-24(13-15-25)32-29-19-17-27-26(30(27)21-39-34(37)35-20-22-8-4-2-5-9-22)16-18-28(29)31(33(36)40-32)23-10-6-3-7-11-23/h2-15,26-27,30H,16-21H2,1H3,(H,35,37)/t26-,27+,30+/m0/s1. The van der Waals surface area contributed by atoms with Crippen LogP contribution in [0.1, 0.15) is 29.5 Å². The lowest BCUT2D eigenvalue weighted by atomic mass is 9.87. The summed E-state index contributed by atoms with van der Waals surface area (Å²) in [5.41, 5.74) is 5.34. The monoisotopic (exact) mass is 535 g/mol. The van der Waals surface area contributed by atoms with Crippen molar-refractivity contribution in [1.29, 1.82) is 0 Å². The van der Waals surface area contributed by atoms with Crippen molar-refractivity contribution in [2.45, 2.75) is 32.2 Å². The first-order chi connectivity index (χ1) is 19.6. The molecule has 4 aromatic rings. The Morgan fingerprint density at radius 1 is 0.850 bits per heavy atom. The molecular weight excluding hydrogens is 502 g/mol. The van der Waals surface area contributed by atoms with Crippen LogP contribution in [0, 0.1) is 17.8 Å². The van der Waals surface area contributed by atoms with Crippen molar-refractivity contribution in [3.05, 3.63) is 112 Å². The van der Waals surface area contributed by atoms with Gasteiger partial charge in [0, 0.05) is 12.1 Å². The topological polar surface area (TPSA) is 77.8 Å². The molecule has 1 N–H and O–H groups in total. The molecule has 0 aliphatic heterocycles. The van der Waals surface area contributed by atoms with E-state index in [2.05, 4.69) is 5.32 Å². The first kappa shape index (κ1) is 25.9. The number of alkyl carbamates (subject to hydrolysis) is 1. The summed E-state index contributed by atoms with van der Waals surface area (Å²) in [5, 5.41) is 2.85. The number of carbonyl (C=O) groups excluding carboxylic acids is 1. The minimum Gasteiger partial charge on any atom is -0.497 e. The fourth-order valence-electron chi connectivity index (χ4n) is 6.27. The van der Waals surface area contributed by atoms with Crippen LogP contribution in [-0.4, -0.2) is 19.8 Å². The first-order valence-corrected chi connectivity index (χ1v) is 14.0. The third-order valence-electron chi connectivity index (χ3n) is 8.40. The van der Waals surface area contributed by atoms with Gasteiger partial charge in [0.05, 0.1) is 19.3 Å². The summed E-state index contributed by atoms with van der Waals surface area (Å²) in [4.78, 5) is 25.8. The fourth-order valence-corrected chi connectivity index (χ4v) is 6.27. The molecule has 204 valence electrons. The summed E-state index contributed by atoms with van der Waals surface area (Å²) < 4.78 is 17.0. The molecular formula is C34H33NO5. The van der Waals surface area contributed by atoms with Gasteiger partial charge in [0.15, 0.2) is 0 Å². The molecule has 2 aliphatic carbocycles. The number of amides is 1. The first-order valence-electron chi connectivity index (χ1n) is 14.0. The summed E-state index contributed by atoms with van der Waals surface area (Å²) in [6, 6.07) is 27.3. The van der Waals surface area contributed by atoms with Crippen molar-refractivity contribution < 1.29 is 18.7 Å². The van der Waals surface area contributed by atoms with E-state index in [0.717, 1.165) is 59.3 Å². The smallest absolute Gasteiger partial charge is 0.407 e. The highest BCUT2D eigenvalue weighted by molar-refractivity contribution is 5.73. The number of carbonyl (C=O) groups is 1.